The maximum absolute atomic E-state index is 11.5. The molecule has 0 radical (unpaired) electrons. The molecule has 118 valence electrons. The Morgan fingerprint density at radius 3 is 2.57 bits per heavy atom. The first-order valence-corrected chi connectivity index (χ1v) is 8.49. The summed E-state index contributed by atoms with van der Waals surface area (Å²) in [5.74, 6) is 1.30. The van der Waals surface area contributed by atoms with Crippen molar-refractivity contribution in [1.29, 1.82) is 0 Å². The third kappa shape index (κ3) is 3.83. The normalized spacial score (nSPS) is 11.2. The largest absolute Gasteiger partial charge is 0.455 e. The maximum Gasteiger partial charge on any atom is 0.229 e. The van der Waals surface area contributed by atoms with Gasteiger partial charge in [-0.3, -0.25) is 4.72 Å². The van der Waals surface area contributed by atoms with Crippen LogP contribution < -0.4 is 9.46 Å². The number of sulfonamides is 1. The van der Waals surface area contributed by atoms with Gasteiger partial charge < -0.3 is 4.74 Å². The fourth-order valence-electron chi connectivity index (χ4n) is 1.93. The van der Waals surface area contributed by atoms with Crippen molar-refractivity contribution in [3.05, 3.63) is 48.5 Å². The van der Waals surface area contributed by atoms with Crippen molar-refractivity contribution in [1.82, 2.24) is 20.6 Å². The number of H-pyrrole nitrogens is 1. The fourth-order valence-corrected chi connectivity index (χ4v) is 2.50. The number of aromatic amines is 1. The summed E-state index contributed by atoms with van der Waals surface area (Å²) in [5, 5.41) is 13.7. The Hall–Kier alpha value is -2.94. The molecule has 2 N–H and O–H groups in total. The quantitative estimate of drug-likeness (QED) is 0.740. The van der Waals surface area contributed by atoms with E-state index in [4.69, 9.17) is 4.74 Å². The van der Waals surface area contributed by atoms with Crippen molar-refractivity contribution in [2.24, 2.45) is 0 Å². The van der Waals surface area contributed by atoms with E-state index >= 15 is 0 Å². The second-order valence-corrected chi connectivity index (χ2v) is 6.48. The van der Waals surface area contributed by atoms with Gasteiger partial charge in [-0.05, 0) is 35.5 Å². The number of aromatic nitrogens is 4. The number of ether oxygens (including phenoxy) is 1. The summed E-state index contributed by atoms with van der Waals surface area (Å²) < 4.78 is 31.2. The van der Waals surface area contributed by atoms with Gasteiger partial charge in [-0.2, -0.15) is 5.21 Å². The van der Waals surface area contributed by atoms with Crippen LogP contribution in [0.1, 0.15) is 0 Å². The van der Waals surface area contributed by atoms with Crippen molar-refractivity contribution >= 4 is 15.7 Å². The van der Waals surface area contributed by atoms with Crippen molar-refractivity contribution in [2.75, 3.05) is 11.0 Å². The lowest BCUT2D eigenvalue weighted by atomic mass is 10.2. The first kappa shape index (κ1) is 15.0. The molecule has 3 rings (SSSR count). The lowest BCUT2D eigenvalue weighted by Crippen LogP contribution is -2.10. The Labute approximate surface area is 132 Å². The van der Waals surface area contributed by atoms with Gasteiger partial charge in [-0.1, -0.05) is 18.2 Å². The summed E-state index contributed by atoms with van der Waals surface area (Å²) in [5.41, 5.74) is 0.965. The number of rotatable bonds is 5. The second kappa shape index (κ2) is 6.05. The summed E-state index contributed by atoms with van der Waals surface area (Å²) >= 11 is 0. The summed E-state index contributed by atoms with van der Waals surface area (Å²) in [7, 11) is -3.44. The van der Waals surface area contributed by atoms with E-state index in [2.05, 4.69) is 25.3 Å². The summed E-state index contributed by atoms with van der Waals surface area (Å²) in [6.45, 7) is 0. The van der Waals surface area contributed by atoms with Gasteiger partial charge in [0, 0.05) is 5.56 Å². The Morgan fingerprint density at radius 2 is 1.91 bits per heavy atom. The SMILES string of the molecule is CS(=O)(=O)Nc1ccc(-c2nn[nH]n2)cc1Oc1ccccc1. The summed E-state index contributed by atoms with van der Waals surface area (Å²) in [6, 6.07) is 13.9. The zero-order chi connectivity index (χ0) is 16.3. The van der Waals surface area contributed by atoms with E-state index in [1.54, 1.807) is 30.3 Å². The molecule has 3 aromatic rings. The third-order valence-electron chi connectivity index (χ3n) is 2.85. The minimum atomic E-state index is -3.44. The zero-order valence-corrected chi connectivity index (χ0v) is 12.9. The molecular formula is C14H13N5O3S. The molecule has 0 aliphatic carbocycles. The molecule has 1 heterocycles. The van der Waals surface area contributed by atoms with E-state index in [9.17, 15) is 8.42 Å². The van der Waals surface area contributed by atoms with Gasteiger partial charge in [0.1, 0.15) is 5.75 Å². The van der Waals surface area contributed by atoms with Gasteiger partial charge in [0.25, 0.3) is 0 Å². The Morgan fingerprint density at radius 1 is 1.13 bits per heavy atom. The number of tetrazole rings is 1. The number of nitrogens with zero attached hydrogens (tertiary/aromatic N) is 3. The van der Waals surface area contributed by atoms with E-state index in [0.29, 0.717) is 28.6 Å². The highest BCUT2D eigenvalue weighted by molar-refractivity contribution is 7.92. The molecule has 9 heteroatoms. The predicted octanol–water partition coefficient (Wildman–Crippen LogP) is 2.03. The molecule has 0 saturated carbocycles. The predicted molar refractivity (Wildman–Crippen MR) is 84.6 cm³/mol. The molecule has 0 fully saturated rings. The monoisotopic (exact) mass is 331 g/mol. The minimum absolute atomic E-state index is 0.323. The van der Waals surface area contributed by atoms with Crippen LogP contribution in [-0.2, 0) is 10.0 Å². The first-order valence-electron chi connectivity index (χ1n) is 6.60. The number of hydrogen-bond donors (Lipinski definition) is 2. The average Bonchev–Trinajstić information content (AvgIpc) is 3.03. The van der Waals surface area contributed by atoms with Crippen LogP contribution in [0.2, 0.25) is 0 Å². The van der Waals surface area contributed by atoms with Crippen LogP contribution in [0.25, 0.3) is 11.4 Å². The van der Waals surface area contributed by atoms with Crippen molar-refractivity contribution in [3.63, 3.8) is 0 Å². The van der Waals surface area contributed by atoms with Crippen LogP contribution in [0, 0.1) is 0 Å². The first-order chi connectivity index (χ1) is 11.0. The summed E-state index contributed by atoms with van der Waals surface area (Å²) in [6.07, 6.45) is 1.08. The van der Waals surface area contributed by atoms with E-state index in [1.165, 1.54) is 0 Å². The molecule has 0 aliphatic heterocycles. The standard InChI is InChI=1S/C14H13N5O3S/c1-23(20,21)17-12-8-7-10(14-15-18-19-16-14)9-13(12)22-11-5-3-2-4-6-11/h2-9,17H,1H3,(H,15,16,18,19). The van der Waals surface area contributed by atoms with Gasteiger partial charge in [0.05, 0.1) is 11.9 Å². The molecular weight excluding hydrogens is 318 g/mol. The summed E-state index contributed by atoms with van der Waals surface area (Å²) in [4.78, 5) is 0. The lowest BCUT2D eigenvalue weighted by Gasteiger charge is -2.13. The van der Waals surface area contributed by atoms with Crippen LogP contribution in [-0.4, -0.2) is 35.3 Å². The smallest absolute Gasteiger partial charge is 0.229 e. The topological polar surface area (TPSA) is 110 Å². The third-order valence-corrected chi connectivity index (χ3v) is 3.44. The van der Waals surface area contributed by atoms with Crippen LogP contribution in [0.5, 0.6) is 11.5 Å². The van der Waals surface area contributed by atoms with Gasteiger partial charge in [-0.25, -0.2) is 8.42 Å². The van der Waals surface area contributed by atoms with E-state index in [-0.39, 0.29) is 0 Å². The Kier molecular flexibility index (Phi) is 3.94. The number of nitrogens with one attached hydrogen (secondary N) is 2. The van der Waals surface area contributed by atoms with Crippen LogP contribution in [0.15, 0.2) is 48.5 Å². The van der Waals surface area contributed by atoms with Crippen LogP contribution in [0.3, 0.4) is 0 Å². The van der Waals surface area contributed by atoms with E-state index in [0.717, 1.165) is 6.26 Å². The highest BCUT2D eigenvalue weighted by Crippen LogP contribution is 2.33. The molecule has 0 amide bonds. The number of anilines is 1. The average molecular weight is 331 g/mol. The molecule has 23 heavy (non-hydrogen) atoms. The molecule has 0 spiro atoms. The van der Waals surface area contributed by atoms with Gasteiger partial charge in [-0.15, -0.1) is 10.2 Å². The Balaban J connectivity index is 2.02. The minimum Gasteiger partial charge on any atom is -0.455 e. The number of para-hydroxylation sites is 1. The molecule has 1 aromatic heterocycles. The molecule has 0 saturated heterocycles. The number of benzene rings is 2. The van der Waals surface area contributed by atoms with Crippen molar-refractivity contribution in [3.8, 4) is 22.9 Å². The second-order valence-electron chi connectivity index (χ2n) is 4.74. The van der Waals surface area contributed by atoms with Crippen molar-refractivity contribution < 1.29 is 13.2 Å². The van der Waals surface area contributed by atoms with Gasteiger partial charge >= 0.3 is 0 Å². The van der Waals surface area contributed by atoms with Crippen LogP contribution >= 0.6 is 0 Å². The molecule has 8 nitrogen and oxygen atoms in total. The zero-order valence-electron chi connectivity index (χ0n) is 12.1. The van der Waals surface area contributed by atoms with E-state index in [1.807, 2.05) is 18.2 Å². The molecule has 2 aromatic carbocycles. The molecule has 0 unspecified atom stereocenters. The molecule has 0 atom stereocenters. The van der Waals surface area contributed by atoms with Gasteiger partial charge in [0.2, 0.25) is 15.8 Å². The molecule has 0 aliphatic rings. The number of hydrogen-bond acceptors (Lipinski definition) is 6. The lowest BCUT2D eigenvalue weighted by molar-refractivity contribution is 0.485. The highest BCUT2D eigenvalue weighted by Gasteiger charge is 2.13. The fraction of sp³-hybridized carbons (Fsp3) is 0.0714. The molecule has 0 bridgehead atoms. The van der Waals surface area contributed by atoms with E-state index < -0.39 is 10.0 Å². The highest BCUT2D eigenvalue weighted by atomic mass is 32.2. The van der Waals surface area contributed by atoms with Crippen LogP contribution in [0.4, 0.5) is 5.69 Å². The van der Waals surface area contributed by atoms with Gasteiger partial charge in [0.15, 0.2) is 5.75 Å². The maximum atomic E-state index is 11.5. The Bertz CT molecular complexity index is 895. The van der Waals surface area contributed by atoms with Crippen molar-refractivity contribution in [2.45, 2.75) is 0 Å².